The van der Waals surface area contributed by atoms with E-state index in [-0.39, 0.29) is 11.6 Å². The van der Waals surface area contributed by atoms with Gasteiger partial charge < -0.3 is 10.4 Å². The molecule has 3 N–H and O–H groups in total. The molecule has 0 aliphatic carbocycles. The Kier molecular flexibility index (Phi) is 5.54. The van der Waals surface area contributed by atoms with Crippen LogP contribution in [0.5, 0.6) is 5.75 Å². The minimum Gasteiger partial charge on any atom is -0.507 e. The first-order valence-corrected chi connectivity index (χ1v) is 7.17. The largest absolute Gasteiger partial charge is 0.507 e. The Morgan fingerprint density at radius 1 is 1.35 bits per heavy atom. The van der Waals surface area contributed by atoms with Crippen molar-refractivity contribution in [3.63, 3.8) is 0 Å². The number of rotatable bonds is 5. The summed E-state index contributed by atoms with van der Waals surface area (Å²) < 4.78 is 13.1. The monoisotopic (exact) mass is 335 g/mol. The first kappa shape index (κ1) is 16.8. The molecular weight excluding hydrogens is 321 g/mol. The van der Waals surface area contributed by atoms with Crippen molar-refractivity contribution >= 4 is 29.4 Å². The van der Waals surface area contributed by atoms with Crippen LogP contribution in [-0.4, -0.2) is 23.3 Å². The highest BCUT2D eigenvalue weighted by atomic mass is 35.5. The summed E-state index contributed by atoms with van der Waals surface area (Å²) in [5.74, 6) is -0.834. The number of nitrogens with zero attached hydrogens (tertiary/aromatic N) is 1. The maximum atomic E-state index is 13.1. The van der Waals surface area contributed by atoms with E-state index in [4.69, 9.17) is 11.6 Å². The van der Waals surface area contributed by atoms with E-state index < -0.39 is 11.9 Å². The number of benzene rings is 2. The van der Waals surface area contributed by atoms with Gasteiger partial charge >= 0.3 is 0 Å². The Labute approximate surface area is 137 Å². The first-order chi connectivity index (χ1) is 11.0. The normalized spacial score (nSPS) is 12.1. The van der Waals surface area contributed by atoms with Crippen LogP contribution in [0.3, 0.4) is 0 Å². The van der Waals surface area contributed by atoms with Crippen LogP contribution < -0.4 is 10.7 Å². The van der Waals surface area contributed by atoms with Gasteiger partial charge in [0.25, 0.3) is 5.91 Å². The minimum absolute atomic E-state index is 0.0403. The van der Waals surface area contributed by atoms with Gasteiger partial charge in [0.1, 0.15) is 17.6 Å². The summed E-state index contributed by atoms with van der Waals surface area (Å²) in [5, 5.41) is 16.7. The average molecular weight is 336 g/mol. The number of phenols is 1. The summed E-state index contributed by atoms with van der Waals surface area (Å²) in [5.41, 5.74) is 3.25. The molecule has 1 amide bonds. The van der Waals surface area contributed by atoms with Crippen LogP contribution in [-0.2, 0) is 4.79 Å². The van der Waals surface area contributed by atoms with Crippen LogP contribution in [0.2, 0.25) is 5.02 Å². The number of carbonyl (C=O) groups is 1. The van der Waals surface area contributed by atoms with Crippen molar-refractivity contribution in [2.45, 2.75) is 13.0 Å². The van der Waals surface area contributed by atoms with Crippen molar-refractivity contribution in [2.75, 3.05) is 5.32 Å². The van der Waals surface area contributed by atoms with Crippen molar-refractivity contribution < 1.29 is 14.3 Å². The van der Waals surface area contributed by atoms with E-state index in [1.54, 1.807) is 31.2 Å². The van der Waals surface area contributed by atoms with Gasteiger partial charge in [0.05, 0.1) is 6.21 Å². The highest BCUT2D eigenvalue weighted by molar-refractivity contribution is 6.30. The molecule has 0 fully saturated rings. The number of nitrogens with one attached hydrogen (secondary N) is 2. The fourth-order valence-electron chi connectivity index (χ4n) is 1.78. The van der Waals surface area contributed by atoms with Gasteiger partial charge in [-0.2, -0.15) is 5.10 Å². The molecule has 7 heteroatoms. The Morgan fingerprint density at radius 2 is 2.13 bits per heavy atom. The molecular formula is C16H15ClFN3O2. The van der Waals surface area contributed by atoms with Crippen LogP contribution in [0.15, 0.2) is 47.6 Å². The fraction of sp³-hybridized carbons (Fsp3) is 0.125. The fourth-order valence-corrected chi connectivity index (χ4v) is 1.95. The van der Waals surface area contributed by atoms with Crippen LogP contribution in [0.25, 0.3) is 0 Å². The highest BCUT2D eigenvalue weighted by Gasteiger charge is 2.11. The quantitative estimate of drug-likeness (QED) is 0.580. The molecule has 0 aromatic heterocycles. The van der Waals surface area contributed by atoms with E-state index in [0.717, 1.165) is 0 Å². The number of hydrogen-bond donors (Lipinski definition) is 3. The Hall–Kier alpha value is -2.60. The van der Waals surface area contributed by atoms with Crippen molar-refractivity contribution in [2.24, 2.45) is 5.10 Å². The molecule has 0 aliphatic rings. The molecule has 0 aliphatic heterocycles. The standard InChI is InChI=1S/C16H15ClFN3O2/c1-10(20-14-4-2-3-13(18)8-14)16(23)21-19-9-11-5-6-12(17)7-15(11)22/h2-10,20,22H,1H3,(H,21,23). The van der Waals surface area contributed by atoms with Crippen molar-refractivity contribution in [3.05, 3.63) is 58.9 Å². The zero-order chi connectivity index (χ0) is 16.8. The number of halogens is 2. The number of hydrogen-bond acceptors (Lipinski definition) is 4. The van der Waals surface area contributed by atoms with E-state index in [0.29, 0.717) is 16.3 Å². The lowest BCUT2D eigenvalue weighted by Gasteiger charge is -2.13. The molecule has 23 heavy (non-hydrogen) atoms. The Balaban J connectivity index is 1.92. The predicted molar refractivity (Wildman–Crippen MR) is 88.3 cm³/mol. The summed E-state index contributed by atoms with van der Waals surface area (Å²) in [6, 6.07) is 9.73. The molecule has 2 aromatic rings. The lowest BCUT2D eigenvalue weighted by atomic mass is 10.2. The maximum absolute atomic E-state index is 13.1. The average Bonchev–Trinajstić information content (AvgIpc) is 2.49. The van der Waals surface area contributed by atoms with Crippen molar-refractivity contribution in [1.29, 1.82) is 0 Å². The molecule has 2 aromatic carbocycles. The predicted octanol–water partition coefficient (Wildman–Crippen LogP) is 3.14. The Bertz CT molecular complexity index is 737. The van der Waals surface area contributed by atoms with Crippen LogP contribution in [0.4, 0.5) is 10.1 Å². The van der Waals surface area contributed by atoms with E-state index in [1.807, 2.05) is 0 Å². The van der Waals surface area contributed by atoms with Crippen LogP contribution in [0, 0.1) is 5.82 Å². The second-order valence-corrected chi connectivity index (χ2v) is 5.25. The minimum atomic E-state index is -0.618. The third-order valence-electron chi connectivity index (χ3n) is 2.97. The molecule has 5 nitrogen and oxygen atoms in total. The van der Waals surface area contributed by atoms with Crippen LogP contribution in [0.1, 0.15) is 12.5 Å². The van der Waals surface area contributed by atoms with Gasteiger partial charge in [-0.3, -0.25) is 4.79 Å². The number of anilines is 1. The van der Waals surface area contributed by atoms with E-state index in [1.165, 1.54) is 24.4 Å². The van der Waals surface area contributed by atoms with Crippen molar-refractivity contribution in [1.82, 2.24) is 5.43 Å². The van der Waals surface area contributed by atoms with Gasteiger partial charge in [0, 0.05) is 16.3 Å². The highest BCUT2D eigenvalue weighted by Crippen LogP contribution is 2.20. The molecule has 0 saturated heterocycles. The van der Waals surface area contributed by atoms with Gasteiger partial charge in [0.15, 0.2) is 0 Å². The molecule has 2 rings (SSSR count). The summed E-state index contributed by atoms with van der Waals surface area (Å²) in [4.78, 5) is 11.9. The second kappa shape index (κ2) is 7.60. The summed E-state index contributed by atoms with van der Waals surface area (Å²) >= 11 is 5.72. The molecule has 1 unspecified atom stereocenters. The van der Waals surface area contributed by atoms with E-state index in [9.17, 15) is 14.3 Å². The lowest BCUT2D eigenvalue weighted by Crippen LogP contribution is -2.34. The zero-order valence-corrected chi connectivity index (χ0v) is 13.0. The molecule has 1 atom stereocenters. The summed E-state index contributed by atoms with van der Waals surface area (Å²) in [7, 11) is 0. The molecule has 120 valence electrons. The molecule has 0 bridgehead atoms. The van der Waals surface area contributed by atoms with E-state index in [2.05, 4.69) is 15.8 Å². The van der Waals surface area contributed by atoms with Gasteiger partial charge in [-0.05, 0) is 43.3 Å². The maximum Gasteiger partial charge on any atom is 0.262 e. The van der Waals surface area contributed by atoms with Crippen LogP contribution >= 0.6 is 11.6 Å². The number of amides is 1. The van der Waals surface area contributed by atoms with Gasteiger partial charge in [-0.25, -0.2) is 9.82 Å². The third kappa shape index (κ3) is 4.96. The number of phenolic OH excluding ortho intramolecular Hbond substituents is 1. The Morgan fingerprint density at radius 3 is 2.83 bits per heavy atom. The molecule has 0 radical (unpaired) electrons. The lowest BCUT2D eigenvalue weighted by molar-refractivity contribution is -0.121. The number of carbonyl (C=O) groups excluding carboxylic acids is 1. The van der Waals surface area contributed by atoms with Crippen molar-refractivity contribution in [3.8, 4) is 5.75 Å². The third-order valence-corrected chi connectivity index (χ3v) is 3.21. The van der Waals surface area contributed by atoms with Gasteiger partial charge in [-0.1, -0.05) is 17.7 Å². The molecule has 0 spiro atoms. The number of hydrazone groups is 1. The second-order valence-electron chi connectivity index (χ2n) is 4.81. The topological polar surface area (TPSA) is 73.7 Å². The number of aromatic hydroxyl groups is 1. The SMILES string of the molecule is CC(Nc1cccc(F)c1)C(=O)NN=Cc1ccc(Cl)cc1O. The van der Waals surface area contributed by atoms with Gasteiger partial charge in [-0.15, -0.1) is 0 Å². The first-order valence-electron chi connectivity index (χ1n) is 6.79. The van der Waals surface area contributed by atoms with E-state index >= 15 is 0 Å². The summed E-state index contributed by atoms with van der Waals surface area (Å²) in [6.07, 6.45) is 1.30. The summed E-state index contributed by atoms with van der Waals surface area (Å²) in [6.45, 7) is 1.62. The molecule has 0 saturated carbocycles. The van der Waals surface area contributed by atoms with Gasteiger partial charge in [0.2, 0.25) is 0 Å². The smallest absolute Gasteiger partial charge is 0.262 e. The molecule has 0 heterocycles. The zero-order valence-electron chi connectivity index (χ0n) is 12.3.